The molecule has 1 atom stereocenters. The normalized spacial score (nSPS) is 13.2. The molecule has 4 heteroatoms. The molecule has 0 radical (unpaired) electrons. The summed E-state index contributed by atoms with van der Waals surface area (Å²) in [6.07, 6.45) is 3.80. The summed E-state index contributed by atoms with van der Waals surface area (Å²) in [5.74, 6) is 1.03. The Morgan fingerprint density at radius 3 is 3.00 bits per heavy atom. The standard InChI is InChI=1S/C9H17N3O/c1-4-12-6-5-11-9(12)8(10-2)7-13-3/h5-6,8,10H,4,7H2,1-3H3. The van der Waals surface area contributed by atoms with Crippen LogP contribution in [0, 0.1) is 0 Å². The van der Waals surface area contributed by atoms with Gasteiger partial charge in [0.2, 0.25) is 0 Å². The first-order valence-corrected chi connectivity index (χ1v) is 4.50. The van der Waals surface area contributed by atoms with Gasteiger partial charge in [0.25, 0.3) is 0 Å². The highest BCUT2D eigenvalue weighted by Gasteiger charge is 2.13. The predicted octanol–water partition coefficient (Wildman–Crippen LogP) is 0.810. The molecular formula is C9H17N3O. The molecule has 1 aromatic rings. The van der Waals surface area contributed by atoms with Crippen LogP contribution in [-0.2, 0) is 11.3 Å². The highest BCUT2D eigenvalue weighted by molar-refractivity contribution is 4.99. The van der Waals surface area contributed by atoms with Crippen LogP contribution in [0.2, 0.25) is 0 Å². The van der Waals surface area contributed by atoms with E-state index >= 15 is 0 Å². The fourth-order valence-electron chi connectivity index (χ4n) is 1.35. The number of ether oxygens (including phenoxy) is 1. The smallest absolute Gasteiger partial charge is 0.128 e. The van der Waals surface area contributed by atoms with Crippen LogP contribution in [0.4, 0.5) is 0 Å². The molecule has 0 saturated carbocycles. The summed E-state index contributed by atoms with van der Waals surface area (Å²) in [4.78, 5) is 4.30. The molecule has 0 fully saturated rings. The zero-order chi connectivity index (χ0) is 9.68. The third-order valence-corrected chi connectivity index (χ3v) is 2.08. The van der Waals surface area contributed by atoms with Gasteiger partial charge in [0.05, 0.1) is 12.6 Å². The van der Waals surface area contributed by atoms with Crippen LogP contribution in [0.5, 0.6) is 0 Å². The largest absolute Gasteiger partial charge is 0.383 e. The number of rotatable bonds is 5. The Morgan fingerprint density at radius 1 is 1.69 bits per heavy atom. The van der Waals surface area contributed by atoms with E-state index in [-0.39, 0.29) is 6.04 Å². The lowest BCUT2D eigenvalue weighted by Crippen LogP contribution is -2.24. The van der Waals surface area contributed by atoms with Gasteiger partial charge < -0.3 is 14.6 Å². The monoisotopic (exact) mass is 183 g/mol. The Bertz CT molecular complexity index is 247. The first-order valence-electron chi connectivity index (χ1n) is 4.50. The molecule has 1 unspecified atom stereocenters. The van der Waals surface area contributed by atoms with E-state index in [1.54, 1.807) is 7.11 Å². The van der Waals surface area contributed by atoms with E-state index in [2.05, 4.69) is 21.8 Å². The molecule has 0 aromatic carbocycles. The fraction of sp³-hybridized carbons (Fsp3) is 0.667. The number of methoxy groups -OCH3 is 1. The molecule has 0 amide bonds. The molecule has 1 heterocycles. The Kier molecular flexibility index (Phi) is 3.92. The van der Waals surface area contributed by atoms with Crippen molar-refractivity contribution in [1.29, 1.82) is 0 Å². The first kappa shape index (κ1) is 10.2. The molecule has 0 aliphatic carbocycles. The molecule has 1 aromatic heterocycles. The third-order valence-electron chi connectivity index (χ3n) is 2.08. The van der Waals surface area contributed by atoms with Gasteiger partial charge in [-0.05, 0) is 14.0 Å². The number of nitrogens with zero attached hydrogens (tertiary/aromatic N) is 2. The molecule has 13 heavy (non-hydrogen) atoms. The van der Waals surface area contributed by atoms with Crippen LogP contribution >= 0.6 is 0 Å². The summed E-state index contributed by atoms with van der Waals surface area (Å²) in [5, 5.41) is 3.17. The summed E-state index contributed by atoms with van der Waals surface area (Å²) in [5.41, 5.74) is 0. The van der Waals surface area contributed by atoms with Crippen LogP contribution in [-0.4, -0.2) is 30.3 Å². The molecule has 0 spiro atoms. The minimum absolute atomic E-state index is 0.181. The lowest BCUT2D eigenvalue weighted by atomic mass is 10.3. The lowest BCUT2D eigenvalue weighted by molar-refractivity contribution is 0.165. The van der Waals surface area contributed by atoms with Gasteiger partial charge in [0.1, 0.15) is 5.82 Å². The second kappa shape index (κ2) is 4.99. The molecule has 0 bridgehead atoms. The second-order valence-corrected chi connectivity index (χ2v) is 2.87. The Balaban J connectivity index is 2.77. The average molecular weight is 183 g/mol. The van der Waals surface area contributed by atoms with Gasteiger partial charge >= 0.3 is 0 Å². The van der Waals surface area contributed by atoms with Gasteiger partial charge in [0.15, 0.2) is 0 Å². The van der Waals surface area contributed by atoms with Crippen molar-refractivity contribution >= 4 is 0 Å². The fourth-order valence-corrected chi connectivity index (χ4v) is 1.35. The highest BCUT2D eigenvalue weighted by Crippen LogP contribution is 2.10. The molecule has 1 N–H and O–H groups in total. The van der Waals surface area contributed by atoms with Gasteiger partial charge in [-0.25, -0.2) is 4.98 Å². The summed E-state index contributed by atoms with van der Waals surface area (Å²) in [6, 6.07) is 0.181. The molecule has 4 nitrogen and oxygen atoms in total. The van der Waals surface area contributed by atoms with E-state index < -0.39 is 0 Å². The van der Waals surface area contributed by atoms with Crippen molar-refractivity contribution in [3.63, 3.8) is 0 Å². The average Bonchev–Trinajstić information content (AvgIpc) is 2.61. The summed E-state index contributed by atoms with van der Waals surface area (Å²) >= 11 is 0. The van der Waals surface area contributed by atoms with Crippen molar-refractivity contribution in [1.82, 2.24) is 14.9 Å². The van der Waals surface area contributed by atoms with E-state index in [1.165, 1.54) is 0 Å². The third kappa shape index (κ3) is 2.29. The second-order valence-electron chi connectivity index (χ2n) is 2.87. The quantitative estimate of drug-likeness (QED) is 0.734. The van der Waals surface area contributed by atoms with Crippen molar-refractivity contribution in [3.8, 4) is 0 Å². The van der Waals surface area contributed by atoms with Gasteiger partial charge in [-0.15, -0.1) is 0 Å². The maximum atomic E-state index is 5.10. The number of aromatic nitrogens is 2. The molecule has 1 rings (SSSR count). The van der Waals surface area contributed by atoms with Crippen LogP contribution in [0.15, 0.2) is 12.4 Å². The summed E-state index contributed by atoms with van der Waals surface area (Å²) in [6.45, 7) is 3.69. The Hall–Kier alpha value is -0.870. The van der Waals surface area contributed by atoms with Crippen molar-refractivity contribution in [2.75, 3.05) is 20.8 Å². The van der Waals surface area contributed by atoms with Gasteiger partial charge in [-0.1, -0.05) is 0 Å². The summed E-state index contributed by atoms with van der Waals surface area (Å²) in [7, 11) is 3.61. The van der Waals surface area contributed by atoms with E-state index in [1.807, 2.05) is 19.4 Å². The zero-order valence-corrected chi connectivity index (χ0v) is 8.45. The van der Waals surface area contributed by atoms with Crippen molar-refractivity contribution < 1.29 is 4.74 Å². The van der Waals surface area contributed by atoms with Gasteiger partial charge in [-0.3, -0.25) is 0 Å². The number of hydrogen-bond acceptors (Lipinski definition) is 3. The molecular weight excluding hydrogens is 166 g/mol. The highest BCUT2D eigenvalue weighted by atomic mass is 16.5. The predicted molar refractivity (Wildman–Crippen MR) is 51.6 cm³/mol. The molecule has 0 saturated heterocycles. The Morgan fingerprint density at radius 2 is 2.46 bits per heavy atom. The van der Waals surface area contributed by atoms with Crippen LogP contribution in [0.1, 0.15) is 18.8 Å². The zero-order valence-electron chi connectivity index (χ0n) is 8.45. The maximum absolute atomic E-state index is 5.10. The van der Waals surface area contributed by atoms with Crippen LogP contribution in [0.3, 0.4) is 0 Å². The SMILES string of the molecule is CCn1ccnc1C(COC)NC. The van der Waals surface area contributed by atoms with E-state index in [4.69, 9.17) is 4.74 Å². The van der Waals surface area contributed by atoms with Crippen LogP contribution < -0.4 is 5.32 Å². The molecule has 0 aliphatic heterocycles. The van der Waals surface area contributed by atoms with Gasteiger partial charge in [-0.2, -0.15) is 0 Å². The first-order chi connectivity index (χ1) is 6.33. The number of hydrogen-bond donors (Lipinski definition) is 1. The molecule has 0 aliphatic rings. The topological polar surface area (TPSA) is 39.1 Å². The van der Waals surface area contributed by atoms with E-state index in [0.717, 1.165) is 12.4 Å². The van der Waals surface area contributed by atoms with E-state index in [0.29, 0.717) is 6.61 Å². The van der Waals surface area contributed by atoms with Crippen molar-refractivity contribution in [2.45, 2.75) is 19.5 Å². The minimum Gasteiger partial charge on any atom is -0.383 e. The number of aryl methyl sites for hydroxylation is 1. The molecule has 74 valence electrons. The van der Waals surface area contributed by atoms with E-state index in [9.17, 15) is 0 Å². The van der Waals surface area contributed by atoms with Gasteiger partial charge in [0, 0.05) is 26.0 Å². The van der Waals surface area contributed by atoms with Crippen molar-refractivity contribution in [3.05, 3.63) is 18.2 Å². The Labute approximate surface area is 78.9 Å². The maximum Gasteiger partial charge on any atom is 0.128 e. The summed E-state index contributed by atoms with van der Waals surface area (Å²) < 4.78 is 7.21. The number of imidazole rings is 1. The van der Waals surface area contributed by atoms with Crippen LogP contribution in [0.25, 0.3) is 0 Å². The number of nitrogens with one attached hydrogen (secondary N) is 1. The number of likely N-dealkylation sites (N-methyl/N-ethyl adjacent to an activating group) is 1. The minimum atomic E-state index is 0.181. The lowest BCUT2D eigenvalue weighted by Gasteiger charge is -2.15. The van der Waals surface area contributed by atoms with Crippen molar-refractivity contribution in [2.24, 2.45) is 0 Å².